The molecule has 28 heavy (non-hydrogen) atoms. The summed E-state index contributed by atoms with van der Waals surface area (Å²) in [6.45, 7) is 4.87. The Hall–Kier alpha value is -2.37. The highest BCUT2D eigenvalue weighted by atomic mass is 35.5. The van der Waals surface area contributed by atoms with E-state index in [1.54, 1.807) is 0 Å². The van der Waals surface area contributed by atoms with Crippen LogP contribution >= 0.6 is 22.9 Å². The lowest BCUT2D eigenvalue weighted by Crippen LogP contribution is -2.48. The van der Waals surface area contributed by atoms with Gasteiger partial charge in [-0.15, -0.1) is 11.3 Å². The van der Waals surface area contributed by atoms with Gasteiger partial charge in [-0.2, -0.15) is 0 Å². The molecule has 2 heterocycles. The smallest absolute Gasteiger partial charge is 0.265 e. The van der Waals surface area contributed by atoms with Gasteiger partial charge in [0.15, 0.2) is 0 Å². The average molecular weight is 412 g/mol. The van der Waals surface area contributed by atoms with Crippen molar-refractivity contribution in [1.29, 1.82) is 0 Å². The van der Waals surface area contributed by atoms with Crippen LogP contribution in [0.2, 0.25) is 5.02 Å². The Balaban J connectivity index is 1.42. The van der Waals surface area contributed by atoms with Crippen molar-refractivity contribution in [2.45, 2.75) is 13.3 Å². The third-order valence-electron chi connectivity index (χ3n) is 4.99. The van der Waals surface area contributed by atoms with Crippen molar-refractivity contribution in [3.63, 3.8) is 0 Å². The van der Waals surface area contributed by atoms with Gasteiger partial charge in [0.2, 0.25) is 0 Å². The molecular weight excluding hydrogens is 390 g/mol. The molecule has 0 spiro atoms. The van der Waals surface area contributed by atoms with E-state index in [-0.39, 0.29) is 5.91 Å². The molecule has 1 fully saturated rings. The van der Waals surface area contributed by atoms with E-state index >= 15 is 0 Å². The molecule has 0 saturated carbocycles. The second kappa shape index (κ2) is 8.33. The van der Waals surface area contributed by atoms with E-state index in [4.69, 9.17) is 11.6 Å². The maximum absolute atomic E-state index is 13.0. The summed E-state index contributed by atoms with van der Waals surface area (Å²) in [5, 5.41) is 1.74. The molecule has 1 aromatic heterocycles. The number of anilines is 1. The van der Waals surface area contributed by atoms with Gasteiger partial charge in [-0.1, -0.05) is 54.1 Å². The van der Waals surface area contributed by atoms with Crippen molar-refractivity contribution in [2.24, 2.45) is 0 Å². The van der Waals surface area contributed by atoms with Gasteiger partial charge >= 0.3 is 0 Å². The van der Waals surface area contributed by atoms with Gasteiger partial charge in [0.1, 0.15) is 4.88 Å². The fraction of sp³-hybridized carbons (Fsp3) is 0.273. The van der Waals surface area contributed by atoms with Crippen LogP contribution in [0.4, 0.5) is 5.69 Å². The zero-order valence-corrected chi connectivity index (χ0v) is 17.3. The van der Waals surface area contributed by atoms with Crippen LogP contribution in [-0.2, 0) is 6.42 Å². The van der Waals surface area contributed by atoms with Crippen LogP contribution < -0.4 is 4.90 Å². The number of hydrogen-bond donors (Lipinski definition) is 0. The molecule has 2 aromatic carbocycles. The van der Waals surface area contributed by atoms with Crippen LogP contribution in [0, 0.1) is 6.92 Å². The largest absolute Gasteiger partial charge is 0.367 e. The van der Waals surface area contributed by atoms with E-state index in [9.17, 15) is 4.79 Å². The molecule has 1 aliphatic heterocycles. The minimum atomic E-state index is 0.0909. The van der Waals surface area contributed by atoms with Crippen LogP contribution in [-0.4, -0.2) is 42.0 Å². The fourth-order valence-electron chi connectivity index (χ4n) is 3.50. The molecule has 144 valence electrons. The Morgan fingerprint density at radius 3 is 2.43 bits per heavy atom. The first-order valence-corrected chi connectivity index (χ1v) is 10.6. The lowest BCUT2D eigenvalue weighted by molar-refractivity contribution is 0.0750. The maximum Gasteiger partial charge on any atom is 0.265 e. The van der Waals surface area contributed by atoms with E-state index in [0.29, 0.717) is 13.1 Å². The number of carbonyl (C=O) groups excluding carboxylic acids is 1. The first kappa shape index (κ1) is 19.0. The molecule has 6 heteroatoms. The van der Waals surface area contributed by atoms with Crippen LogP contribution in [0.15, 0.2) is 54.6 Å². The number of aryl methyl sites for hydroxylation is 1. The summed E-state index contributed by atoms with van der Waals surface area (Å²) in [5.41, 5.74) is 3.08. The lowest BCUT2D eigenvalue weighted by atomic mass is 10.2. The highest BCUT2D eigenvalue weighted by Gasteiger charge is 2.26. The molecule has 0 radical (unpaired) electrons. The second-order valence-corrected chi connectivity index (χ2v) is 8.41. The number of thiazole rings is 1. The van der Waals surface area contributed by atoms with E-state index in [0.717, 1.165) is 45.8 Å². The first-order chi connectivity index (χ1) is 13.6. The van der Waals surface area contributed by atoms with Gasteiger partial charge < -0.3 is 9.80 Å². The van der Waals surface area contributed by atoms with Crippen molar-refractivity contribution in [3.8, 4) is 0 Å². The Morgan fingerprint density at radius 2 is 1.71 bits per heavy atom. The molecule has 0 unspecified atom stereocenters. The number of hydrogen-bond acceptors (Lipinski definition) is 4. The maximum atomic E-state index is 13.0. The van der Waals surface area contributed by atoms with Gasteiger partial charge in [0.25, 0.3) is 5.91 Å². The minimum absolute atomic E-state index is 0.0909. The number of para-hydroxylation sites is 1. The van der Waals surface area contributed by atoms with Gasteiger partial charge in [0.05, 0.1) is 21.4 Å². The van der Waals surface area contributed by atoms with E-state index in [1.165, 1.54) is 16.9 Å². The quantitative estimate of drug-likeness (QED) is 0.626. The average Bonchev–Trinajstić information content (AvgIpc) is 3.09. The Bertz CT molecular complexity index is 965. The summed E-state index contributed by atoms with van der Waals surface area (Å²) in [6.07, 6.45) is 0.764. The van der Waals surface area contributed by atoms with Crippen LogP contribution in [0.5, 0.6) is 0 Å². The predicted molar refractivity (Wildman–Crippen MR) is 116 cm³/mol. The topological polar surface area (TPSA) is 36.4 Å². The van der Waals surface area contributed by atoms with E-state index < -0.39 is 0 Å². The minimum Gasteiger partial charge on any atom is -0.367 e. The van der Waals surface area contributed by atoms with Gasteiger partial charge in [0, 0.05) is 32.6 Å². The normalized spacial score (nSPS) is 14.4. The summed E-state index contributed by atoms with van der Waals surface area (Å²) in [7, 11) is 0. The Labute approximate surface area is 174 Å². The molecule has 0 bridgehead atoms. The molecule has 0 aliphatic carbocycles. The Morgan fingerprint density at radius 1 is 1.04 bits per heavy atom. The third-order valence-corrected chi connectivity index (χ3v) is 6.46. The third kappa shape index (κ3) is 4.05. The van der Waals surface area contributed by atoms with Crippen molar-refractivity contribution < 1.29 is 4.79 Å². The van der Waals surface area contributed by atoms with Crippen LogP contribution in [0.1, 0.15) is 25.9 Å². The summed E-state index contributed by atoms with van der Waals surface area (Å²) in [4.78, 5) is 22.6. The zero-order chi connectivity index (χ0) is 19.5. The molecule has 3 aromatic rings. The molecule has 0 atom stereocenters. The number of carbonyl (C=O) groups is 1. The molecule has 1 saturated heterocycles. The zero-order valence-electron chi connectivity index (χ0n) is 15.8. The number of aromatic nitrogens is 1. The first-order valence-electron chi connectivity index (χ1n) is 9.41. The van der Waals surface area contributed by atoms with E-state index in [2.05, 4.69) is 22.0 Å². The number of amides is 1. The highest BCUT2D eigenvalue weighted by Crippen LogP contribution is 2.27. The van der Waals surface area contributed by atoms with Crippen LogP contribution in [0.3, 0.4) is 0 Å². The summed E-state index contributed by atoms with van der Waals surface area (Å²) < 4.78 is 0. The molecule has 1 amide bonds. The Kier molecular flexibility index (Phi) is 5.64. The van der Waals surface area contributed by atoms with Gasteiger partial charge in [-0.3, -0.25) is 4.79 Å². The number of benzene rings is 2. The fourth-order valence-corrected chi connectivity index (χ4v) is 4.82. The molecule has 1 aliphatic rings. The van der Waals surface area contributed by atoms with Crippen molar-refractivity contribution in [1.82, 2.24) is 9.88 Å². The van der Waals surface area contributed by atoms with Crippen molar-refractivity contribution in [3.05, 3.63) is 80.8 Å². The van der Waals surface area contributed by atoms with E-state index in [1.807, 2.05) is 54.3 Å². The second-order valence-electron chi connectivity index (χ2n) is 6.92. The summed E-state index contributed by atoms with van der Waals surface area (Å²) >= 11 is 7.83. The molecule has 0 N–H and O–H groups in total. The highest BCUT2D eigenvalue weighted by molar-refractivity contribution is 7.13. The standard InChI is InChI=1S/C22H22ClN3OS/c1-16-21(28-20(24-16)15-17-7-3-2-4-8-17)22(27)26-13-11-25(12-14-26)19-10-6-5-9-18(19)23/h2-10H,11-15H2,1H3. The van der Waals surface area contributed by atoms with Crippen LogP contribution in [0.25, 0.3) is 0 Å². The summed E-state index contributed by atoms with van der Waals surface area (Å²) in [6, 6.07) is 18.1. The monoisotopic (exact) mass is 411 g/mol. The number of halogens is 1. The number of piperazine rings is 1. The number of rotatable bonds is 4. The van der Waals surface area contributed by atoms with Gasteiger partial charge in [-0.05, 0) is 24.6 Å². The SMILES string of the molecule is Cc1nc(Cc2ccccc2)sc1C(=O)N1CCN(c2ccccc2Cl)CC1. The van der Waals surface area contributed by atoms with Crippen molar-refractivity contribution in [2.75, 3.05) is 31.1 Å². The predicted octanol–water partition coefficient (Wildman–Crippen LogP) is 4.66. The lowest BCUT2D eigenvalue weighted by Gasteiger charge is -2.36. The molecular formula is C22H22ClN3OS. The molecule has 4 nitrogen and oxygen atoms in total. The van der Waals surface area contributed by atoms with Gasteiger partial charge in [-0.25, -0.2) is 4.98 Å². The number of nitrogens with zero attached hydrogens (tertiary/aromatic N) is 3. The summed E-state index contributed by atoms with van der Waals surface area (Å²) in [5.74, 6) is 0.0909. The van der Waals surface area contributed by atoms with Crippen molar-refractivity contribution >= 4 is 34.5 Å². The molecule has 4 rings (SSSR count).